The molecule has 0 radical (unpaired) electrons. The van der Waals surface area contributed by atoms with Crippen molar-refractivity contribution in [2.24, 2.45) is 0 Å². The molecule has 0 amide bonds. The molecule has 0 saturated carbocycles. The Balaban J connectivity index is 1.94. The highest BCUT2D eigenvalue weighted by atomic mass is 35.5. The molecule has 0 fully saturated rings. The van der Waals surface area contributed by atoms with Crippen molar-refractivity contribution in [1.29, 1.82) is 0 Å². The maximum absolute atomic E-state index is 14.0. The summed E-state index contributed by atoms with van der Waals surface area (Å²) >= 11 is 13.2. The number of rotatable bonds is 6. The summed E-state index contributed by atoms with van der Waals surface area (Å²) in [5, 5.41) is -0.0560. The van der Waals surface area contributed by atoms with Crippen molar-refractivity contribution in [2.45, 2.75) is 23.2 Å². The second-order valence-corrected chi connectivity index (χ2v) is 7.83. The summed E-state index contributed by atoms with van der Waals surface area (Å²) in [4.78, 5) is 3.79. The molecule has 0 N–H and O–H groups in total. The summed E-state index contributed by atoms with van der Waals surface area (Å²) in [7, 11) is 0. The van der Waals surface area contributed by atoms with Crippen molar-refractivity contribution in [3.8, 4) is 0 Å². The average molecular weight is 431 g/mol. The lowest BCUT2D eigenvalue weighted by Gasteiger charge is -2.30. The van der Waals surface area contributed by atoms with E-state index in [2.05, 4.69) is 4.98 Å². The van der Waals surface area contributed by atoms with Crippen LogP contribution < -0.4 is 0 Å². The van der Waals surface area contributed by atoms with E-state index >= 15 is 0 Å². The van der Waals surface area contributed by atoms with Crippen LogP contribution in [0, 0.1) is 0 Å². The number of thioether (sulfide) groups is 1. The van der Waals surface area contributed by atoms with Crippen molar-refractivity contribution in [1.82, 2.24) is 9.55 Å². The van der Waals surface area contributed by atoms with Crippen LogP contribution in [0.2, 0.25) is 10.0 Å². The molecule has 142 valence electrons. The maximum atomic E-state index is 14.0. The Morgan fingerprint density at radius 2 is 1.78 bits per heavy atom. The molecule has 3 rings (SSSR count). The summed E-state index contributed by atoms with van der Waals surface area (Å²) in [6.07, 6.45) is -0.544. The van der Waals surface area contributed by atoms with Gasteiger partial charge in [0, 0.05) is 18.1 Å². The van der Waals surface area contributed by atoms with Crippen LogP contribution in [0.25, 0.3) is 0 Å². The van der Waals surface area contributed by atoms with Crippen LogP contribution in [0.4, 0.5) is 13.2 Å². The first kappa shape index (κ1) is 20.1. The quantitative estimate of drug-likeness (QED) is 0.420. The zero-order chi connectivity index (χ0) is 19.4. The Morgan fingerprint density at radius 1 is 1.04 bits per heavy atom. The Hall–Kier alpha value is -1.63. The Bertz CT molecular complexity index is 870. The van der Waals surface area contributed by atoms with Gasteiger partial charge in [-0.25, -0.2) is 4.98 Å². The highest BCUT2D eigenvalue weighted by molar-refractivity contribution is 7.98. The summed E-state index contributed by atoms with van der Waals surface area (Å²) in [6, 6.07) is 12.0. The smallest absolute Gasteiger partial charge is 0.324 e. The van der Waals surface area contributed by atoms with Crippen molar-refractivity contribution in [3.05, 3.63) is 88.4 Å². The molecule has 2 nitrogen and oxygen atoms in total. The van der Waals surface area contributed by atoms with Crippen LogP contribution in [-0.2, 0) is 5.75 Å². The summed E-state index contributed by atoms with van der Waals surface area (Å²) in [5.41, 5.74) is 1.40. The minimum absolute atomic E-state index is 0.359. The number of alkyl halides is 3. The van der Waals surface area contributed by atoms with E-state index in [1.165, 1.54) is 30.5 Å². The maximum Gasteiger partial charge on any atom is 0.410 e. The molecule has 27 heavy (non-hydrogen) atoms. The van der Waals surface area contributed by atoms with E-state index < -0.39 is 17.5 Å². The van der Waals surface area contributed by atoms with Gasteiger partial charge < -0.3 is 4.57 Å². The first-order valence-corrected chi connectivity index (χ1v) is 9.81. The molecule has 2 atom stereocenters. The molecule has 8 heteroatoms. The van der Waals surface area contributed by atoms with Crippen molar-refractivity contribution in [3.63, 3.8) is 0 Å². The van der Waals surface area contributed by atoms with Gasteiger partial charge in [0.1, 0.15) is 6.04 Å². The average Bonchev–Trinajstić information content (AvgIpc) is 3.15. The third-order valence-electron chi connectivity index (χ3n) is 4.01. The second kappa shape index (κ2) is 8.59. The largest absolute Gasteiger partial charge is 0.410 e. The minimum Gasteiger partial charge on any atom is -0.324 e. The Labute approximate surface area is 169 Å². The Morgan fingerprint density at radius 3 is 2.37 bits per heavy atom. The minimum atomic E-state index is -4.44. The van der Waals surface area contributed by atoms with E-state index in [-0.39, 0.29) is 0 Å². The van der Waals surface area contributed by atoms with Gasteiger partial charge in [-0.3, -0.25) is 0 Å². The second-order valence-electron chi connectivity index (χ2n) is 5.89. The molecule has 0 aliphatic heterocycles. The van der Waals surface area contributed by atoms with Crippen molar-refractivity contribution in [2.75, 3.05) is 0 Å². The number of nitrogens with zero attached hydrogens (tertiary/aromatic N) is 2. The SMILES string of the molecule is FC(F)(F)C(C(SCc1ccc(Cl)c(Cl)c1)c1ccccc1)n1ccnc1. The van der Waals surface area contributed by atoms with E-state index in [0.717, 1.165) is 10.1 Å². The van der Waals surface area contributed by atoms with Crippen molar-refractivity contribution < 1.29 is 13.2 Å². The Kier molecular flexibility index (Phi) is 6.40. The normalized spacial score (nSPS) is 14.1. The van der Waals surface area contributed by atoms with Crippen LogP contribution in [0.5, 0.6) is 0 Å². The molecule has 2 aromatic carbocycles. The number of halogens is 5. The lowest BCUT2D eigenvalue weighted by Crippen LogP contribution is -2.30. The third kappa shape index (κ3) is 5.00. The summed E-state index contributed by atoms with van der Waals surface area (Å²) in [5.74, 6) is 0.359. The lowest BCUT2D eigenvalue weighted by molar-refractivity contribution is -0.168. The molecular formula is C19H15Cl2F3N2S. The molecule has 0 saturated heterocycles. The summed E-state index contributed by atoms with van der Waals surface area (Å²) < 4.78 is 43.0. The fraction of sp³-hybridized carbons (Fsp3) is 0.211. The number of hydrogen-bond donors (Lipinski definition) is 0. The number of imidazole rings is 1. The fourth-order valence-corrected chi connectivity index (χ4v) is 4.46. The van der Waals surface area contributed by atoms with Gasteiger partial charge >= 0.3 is 6.18 Å². The molecule has 0 aliphatic carbocycles. The third-order valence-corrected chi connectivity index (χ3v) is 6.14. The van der Waals surface area contributed by atoms with Gasteiger partial charge in [-0.15, -0.1) is 11.8 Å². The van der Waals surface area contributed by atoms with E-state index in [9.17, 15) is 13.2 Å². The highest BCUT2D eigenvalue weighted by Gasteiger charge is 2.46. The molecule has 2 unspecified atom stereocenters. The van der Waals surface area contributed by atoms with Crippen molar-refractivity contribution >= 4 is 35.0 Å². The first-order chi connectivity index (χ1) is 12.9. The van der Waals surface area contributed by atoms with E-state index in [1.54, 1.807) is 48.5 Å². The zero-order valence-electron chi connectivity index (χ0n) is 13.9. The highest BCUT2D eigenvalue weighted by Crippen LogP contribution is 2.48. The lowest BCUT2D eigenvalue weighted by atomic mass is 10.0. The van der Waals surface area contributed by atoms with Crippen LogP contribution in [0.3, 0.4) is 0 Å². The summed E-state index contributed by atoms with van der Waals surface area (Å²) in [6.45, 7) is 0. The predicted octanol–water partition coefficient (Wildman–Crippen LogP) is 6.97. The van der Waals surface area contributed by atoms with E-state index in [0.29, 0.717) is 21.4 Å². The molecule has 0 aliphatic rings. The number of benzene rings is 2. The topological polar surface area (TPSA) is 17.8 Å². The van der Waals surface area contributed by atoms with Crippen LogP contribution in [-0.4, -0.2) is 15.7 Å². The molecule has 1 aromatic heterocycles. The molecule has 3 aromatic rings. The molecule has 1 heterocycles. The van der Waals surface area contributed by atoms with Gasteiger partial charge in [0.2, 0.25) is 0 Å². The molecular weight excluding hydrogens is 416 g/mol. The van der Waals surface area contributed by atoms with Crippen LogP contribution in [0.1, 0.15) is 22.4 Å². The van der Waals surface area contributed by atoms with Gasteiger partial charge in [-0.2, -0.15) is 13.2 Å². The van der Waals surface area contributed by atoms with Gasteiger partial charge in [0.15, 0.2) is 0 Å². The number of aromatic nitrogens is 2. The zero-order valence-corrected chi connectivity index (χ0v) is 16.2. The number of hydrogen-bond acceptors (Lipinski definition) is 2. The standard InChI is InChI=1S/C19H15Cl2F3N2S/c20-15-7-6-13(10-16(15)21)11-27-17(14-4-2-1-3-5-14)18(19(22,23)24)26-9-8-25-12-26/h1-10,12,17-18H,11H2. The van der Waals surface area contributed by atoms with E-state index in [4.69, 9.17) is 23.2 Å². The van der Waals surface area contributed by atoms with Crippen LogP contribution in [0.15, 0.2) is 67.3 Å². The molecule has 0 bridgehead atoms. The van der Waals surface area contributed by atoms with Gasteiger partial charge in [-0.1, -0.05) is 59.6 Å². The van der Waals surface area contributed by atoms with E-state index in [1.807, 2.05) is 0 Å². The fourth-order valence-electron chi connectivity index (χ4n) is 2.76. The predicted molar refractivity (Wildman–Crippen MR) is 104 cm³/mol. The van der Waals surface area contributed by atoms with Gasteiger partial charge in [-0.05, 0) is 23.3 Å². The first-order valence-electron chi connectivity index (χ1n) is 8.01. The van der Waals surface area contributed by atoms with Gasteiger partial charge in [0.25, 0.3) is 0 Å². The van der Waals surface area contributed by atoms with Gasteiger partial charge in [0.05, 0.1) is 21.6 Å². The van der Waals surface area contributed by atoms with Crippen LogP contribution >= 0.6 is 35.0 Å². The monoisotopic (exact) mass is 430 g/mol. The molecule has 0 spiro atoms.